The number of aromatic nitrogens is 7. The molecule has 0 atom stereocenters. The summed E-state index contributed by atoms with van der Waals surface area (Å²) < 4.78 is 13.1. The maximum Gasteiger partial charge on any atom is 0.145 e. The quantitative estimate of drug-likeness (QED) is 0.340. The van der Waals surface area contributed by atoms with Gasteiger partial charge in [-0.2, -0.15) is 5.10 Å². The maximum atomic E-state index is 5.80. The zero-order chi connectivity index (χ0) is 25.0. The van der Waals surface area contributed by atoms with Gasteiger partial charge in [-0.25, -0.2) is 14.6 Å². The van der Waals surface area contributed by atoms with Crippen LogP contribution in [0.1, 0.15) is 23.0 Å². The fourth-order valence-electron chi connectivity index (χ4n) is 4.65. The fourth-order valence-corrected chi connectivity index (χ4v) is 4.65. The van der Waals surface area contributed by atoms with Crippen LogP contribution in [0.4, 0.5) is 11.6 Å². The van der Waals surface area contributed by atoms with Crippen LogP contribution in [0.3, 0.4) is 0 Å². The third kappa shape index (κ3) is 3.46. The van der Waals surface area contributed by atoms with E-state index in [9.17, 15) is 0 Å². The first-order chi connectivity index (χ1) is 17.4. The normalized spacial score (nSPS) is 11.5. The second-order valence-electron chi connectivity index (χ2n) is 8.68. The Hall–Kier alpha value is -4.73. The van der Waals surface area contributed by atoms with Crippen molar-refractivity contribution in [3.8, 4) is 22.6 Å². The summed E-state index contributed by atoms with van der Waals surface area (Å²) >= 11 is 0. The van der Waals surface area contributed by atoms with Gasteiger partial charge in [-0.3, -0.25) is 4.98 Å². The van der Waals surface area contributed by atoms with Crippen LogP contribution in [0.25, 0.3) is 38.8 Å². The van der Waals surface area contributed by atoms with Gasteiger partial charge in [-0.1, -0.05) is 5.16 Å². The van der Waals surface area contributed by atoms with Crippen molar-refractivity contribution in [2.75, 3.05) is 12.4 Å². The molecule has 0 radical (unpaired) electrons. The largest absolute Gasteiger partial charge is 0.496 e. The highest BCUT2D eigenvalue weighted by Gasteiger charge is 2.21. The maximum absolute atomic E-state index is 5.80. The summed E-state index contributed by atoms with van der Waals surface area (Å²) in [5, 5.41) is 14.1. The average Bonchev–Trinajstić information content (AvgIpc) is 3.52. The number of aryl methyl sites for hydroxylation is 4. The van der Waals surface area contributed by atoms with Crippen molar-refractivity contribution in [2.24, 2.45) is 0 Å². The number of aromatic amines is 1. The molecule has 0 amide bonds. The van der Waals surface area contributed by atoms with Gasteiger partial charge in [0.25, 0.3) is 0 Å². The van der Waals surface area contributed by atoms with Crippen LogP contribution in [0.15, 0.2) is 47.2 Å². The Labute approximate surface area is 206 Å². The van der Waals surface area contributed by atoms with E-state index in [1.54, 1.807) is 19.5 Å². The topological polar surface area (TPSA) is 120 Å². The number of pyridine rings is 1. The lowest BCUT2D eigenvalue weighted by Gasteiger charge is -2.11. The van der Waals surface area contributed by atoms with Gasteiger partial charge in [0.2, 0.25) is 0 Å². The van der Waals surface area contributed by atoms with E-state index < -0.39 is 0 Å². The standard InChI is InChI=1S/C26H24N8O2/c1-13-10-22(34(32-13)17-6-8-27-9-7-17)31-26-24-18-12-21(35-5)19(23-14(2)33-36-15(23)3)11-20(18)30-25(24)28-16(4)29-26/h6-12H,1-5H3,(H2,28,29,30,31). The molecular weight excluding hydrogens is 456 g/mol. The number of nitrogens with one attached hydrogen (secondary N) is 2. The number of anilines is 2. The highest BCUT2D eigenvalue weighted by molar-refractivity contribution is 6.13. The summed E-state index contributed by atoms with van der Waals surface area (Å²) in [6.45, 7) is 7.65. The van der Waals surface area contributed by atoms with Crippen LogP contribution in [-0.4, -0.2) is 42.0 Å². The minimum Gasteiger partial charge on any atom is -0.496 e. The van der Waals surface area contributed by atoms with E-state index in [2.05, 4.69) is 30.5 Å². The van der Waals surface area contributed by atoms with Crippen molar-refractivity contribution in [2.45, 2.75) is 27.7 Å². The molecule has 0 fully saturated rings. The summed E-state index contributed by atoms with van der Waals surface area (Å²) in [6.07, 6.45) is 3.48. The minimum absolute atomic E-state index is 0.640. The van der Waals surface area contributed by atoms with E-state index in [0.717, 1.165) is 61.7 Å². The lowest BCUT2D eigenvalue weighted by Crippen LogP contribution is -2.05. The van der Waals surface area contributed by atoms with Gasteiger partial charge in [-0.15, -0.1) is 0 Å². The summed E-state index contributed by atoms with van der Waals surface area (Å²) in [6, 6.07) is 9.85. The van der Waals surface area contributed by atoms with E-state index in [1.165, 1.54) is 0 Å². The van der Waals surface area contributed by atoms with Crippen LogP contribution in [-0.2, 0) is 0 Å². The molecule has 10 heteroatoms. The van der Waals surface area contributed by atoms with Crippen LogP contribution < -0.4 is 10.1 Å². The summed E-state index contributed by atoms with van der Waals surface area (Å²) in [5.74, 6) is 3.54. The number of ether oxygens (including phenoxy) is 1. The van der Waals surface area contributed by atoms with Crippen molar-refractivity contribution in [1.29, 1.82) is 0 Å². The second-order valence-corrected chi connectivity index (χ2v) is 8.68. The van der Waals surface area contributed by atoms with Crippen LogP contribution >= 0.6 is 0 Å². The van der Waals surface area contributed by atoms with Crippen molar-refractivity contribution in [3.63, 3.8) is 0 Å². The smallest absolute Gasteiger partial charge is 0.145 e. The third-order valence-electron chi connectivity index (χ3n) is 6.17. The Morgan fingerprint density at radius 1 is 1.03 bits per heavy atom. The van der Waals surface area contributed by atoms with Crippen molar-refractivity contribution in [3.05, 3.63) is 65.7 Å². The van der Waals surface area contributed by atoms with Gasteiger partial charge in [0.05, 0.1) is 35.1 Å². The molecule has 6 aromatic rings. The molecule has 0 aliphatic heterocycles. The Morgan fingerprint density at radius 2 is 1.83 bits per heavy atom. The summed E-state index contributed by atoms with van der Waals surface area (Å²) in [5.41, 5.74) is 6.03. The average molecular weight is 481 g/mol. The fraction of sp³-hybridized carbons (Fsp3) is 0.192. The molecule has 0 bridgehead atoms. The number of nitrogens with zero attached hydrogens (tertiary/aromatic N) is 6. The molecule has 0 aliphatic carbocycles. The molecule has 0 saturated heterocycles. The highest BCUT2D eigenvalue weighted by atomic mass is 16.5. The third-order valence-corrected chi connectivity index (χ3v) is 6.17. The number of rotatable bonds is 5. The minimum atomic E-state index is 0.640. The van der Waals surface area contributed by atoms with Crippen molar-refractivity contribution < 1.29 is 9.26 Å². The first-order valence-electron chi connectivity index (χ1n) is 11.5. The van der Waals surface area contributed by atoms with E-state index >= 15 is 0 Å². The molecule has 6 rings (SSSR count). The van der Waals surface area contributed by atoms with Gasteiger partial charge in [-0.05, 0) is 52.0 Å². The Balaban J connectivity index is 1.55. The molecule has 5 aromatic heterocycles. The van der Waals surface area contributed by atoms with Gasteiger partial charge in [0, 0.05) is 34.9 Å². The highest BCUT2D eigenvalue weighted by Crippen LogP contribution is 2.41. The van der Waals surface area contributed by atoms with Crippen LogP contribution in [0.2, 0.25) is 0 Å². The summed E-state index contributed by atoms with van der Waals surface area (Å²) in [4.78, 5) is 17.0. The molecular formula is C26H24N8O2. The van der Waals surface area contributed by atoms with E-state index in [4.69, 9.17) is 14.2 Å². The Bertz CT molecular complexity index is 1730. The van der Waals surface area contributed by atoms with E-state index in [0.29, 0.717) is 17.4 Å². The molecule has 5 heterocycles. The van der Waals surface area contributed by atoms with Crippen molar-refractivity contribution >= 4 is 33.6 Å². The molecule has 10 nitrogen and oxygen atoms in total. The number of benzene rings is 1. The lowest BCUT2D eigenvalue weighted by atomic mass is 10.0. The number of hydrogen-bond acceptors (Lipinski definition) is 8. The molecule has 36 heavy (non-hydrogen) atoms. The molecule has 180 valence electrons. The van der Waals surface area contributed by atoms with Gasteiger partial charge in [0.15, 0.2) is 0 Å². The van der Waals surface area contributed by atoms with Gasteiger partial charge >= 0.3 is 0 Å². The van der Waals surface area contributed by atoms with Gasteiger partial charge < -0.3 is 19.6 Å². The van der Waals surface area contributed by atoms with Gasteiger partial charge in [0.1, 0.15) is 34.6 Å². The second kappa shape index (κ2) is 8.19. The number of H-pyrrole nitrogens is 1. The molecule has 0 unspecified atom stereocenters. The monoisotopic (exact) mass is 480 g/mol. The number of methoxy groups -OCH3 is 1. The first-order valence-corrected chi connectivity index (χ1v) is 11.5. The summed E-state index contributed by atoms with van der Waals surface area (Å²) in [7, 11) is 1.66. The molecule has 1 aromatic carbocycles. The predicted molar refractivity (Wildman–Crippen MR) is 137 cm³/mol. The van der Waals surface area contributed by atoms with E-state index in [-0.39, 0.29) is 0 Å². The molecule has 0 spiro atoms. The Morgan fingerprint density at radius 3 is 2.56 bits per heavy atom. The number of hydrogen-bond donors (Lipinski definition) is 2. The molecule has 0 saturated carbocycles. The Kier molecular flexibility index (Phi) is 4.96. The first kappa shape index (κ1) is 21.8. The molecule has 0 aliphatic rings. The van der Waals surface area contributed by atoms with Crippen LogP contribution in [0.5, 0.6) is 5.75 Å². The predicted octanol–water partition coefficient (Wildman–Crippen LogP) is 5.33. The SMILES string of the molecule is COc1cc2c(cc1-c1c(C)noc1C)[nH]c1nc(C)nc(Nc3cc(C)nn3-c3ccncc3)c12. The van der Waals surface area contributed by atoms with E-state index in [1.807, 2.05) is 62.7 Å². The lowest BCUT2D eigenvalue weighted by molar-refractivity contribution is 0.393. The van der Waals surface area contributed by atoms with Crippen molar-refractivity contribution in [1.82, 2.24) is 34.9 Å². The van der Waals surface area contributed by atoms with Crippen LogP contribution in [0, 0.1) is 27.7 Å². The zero-order valence-electron chi connectivity index (χ0n) is 20.5. The number of fused-ring (bicyclic) bond motifs is 3. The zero-order valence-corrected chi connectivity index (χ0v) is 20.5. The molecule has 2 N–H and O–H groups in total.